The van der Waals surface area contributed by atoms with Crippen molar-refractivity contribution >= 4 is 17.5 Å². The second kappa shape index (κ2) is 6.12. The standard InChI is InChI=1S/C23H30O5/c1-11-7-14-16-8-12(2)18(20(26)21(27)28)23(16,4)10-17(25)19(14)22(3)6-5-13(24)9-15(11)22/h5-6,9,11-12,14,16-19,25H,7-8,10H2,1-4H3,(H,27,28)/t11-,12+,14-,16-,17-,18+,19+,22-,23-/m0/s1. The molecule has 9 atom stereocenters. The molecule has 0 aromatic carbocycles. The molecule has 0 bridgehead atoms. The summed E-state index contributed by atoms with van der Waals surface area (Å²) in [6.45, 7) is 8.27. The van der Waals surface area contributed by atoms with Gasteiger partial charge in [0.05, 0.1) is 6.10 Å². The van der Waals surface area contributed by atoms with Crippen molar-refractivity contribution in [3.8, 4) is 0 Å². The number of aliphatic hydroxyl groups is 1. The lowest BCUT2D eigenvalue weighted by atomic mass is 9.45. The summed E-state index contributed by atoms with van der Waals surface area (Å²) in [6, 6.07) is 0. The smallest absolute Gasteiger partial charge is 0.372 e. The van der Waals surface area contributed by atoms with Gasteiger partial charge in [0.2, 0.25) is 5.78 Å². The van der Waals surface area contributed by atoms with Crippen molar-refractivity contribution in [1.82, 2.24) is 0 Å². The van der Waals surface area contributed by atoms with E-state index >= 15 is 0 Å². The average Bonchev–Trinajstić information content (AvgIpc) is 2.85. The Kier molecular flexibility index (Phi) is 4.28. The first-order valence-electron chi connectivity index (χ1n) is 10.4. The number of aliphatic hydroxyl groups excluding tert-OH is 1. The molecule has 0 heterocycles. The molecule has 152 valence electrons. The molecule has 4 aliphatic rings. The second-order valence-corrected chi connectivity index (χ2v) is 10.2. The highest BCUT2D eigenvalue weighted by Gasteiger charge is 2.65. The molecule has 0 radical (unpaired) electrons. The van der Waals surface area contributed by atoms with Gasteiger partial charge in [0, 0.05) is 17.3 Å². The molecule has 0 saturated heterocycles. The first kappa shape index (κ1) is 19.6. The van der Waals surface area contributed by atoms with Crippen LogP contribution in [0.25, 0.3) is 0 Å². The molecule has 2 N–H and O–H groups in total. The molecule has 5 nitrogen and oxygen atoms in total. The van der Waals surface area contributed by atoms with Gasteiger partial charge < -0.3 is 10.2 Å². The van der Waals surface area contributed by atoms with Crippen LogP contribution in [0.15, 0.2) is 23.8 Å². The van der Waals surface area contributed by atoms with Gasteiger partial charge in [0.15, 0.2) is 5.78 Å². The van der Waals surface area contributed by atoms with E-state index in [4.69, 9.17) is 0 Å². The molecule has 4 rings (SSSR count). The van der Waals surface area contributed by atoms with Crippen LogP contribution in [0, 0.1) is 46.3 Å². The molecule has 4 aliphatic carbocycles. The fourth-order valence-electron chi connectivity index (χ4n) is 7.81. The van der Waals surface area contributed by atoms with Gasteiger partial charge in [-0.25, -0.2) is 4.79 Å². The van der Waals surface area contributed by atoms with Crippen molar-refractivity contribution in [2.75, 3.05) is 0 Å². The minimum atomic E-state index is -1.36. The third kappa shape index (κ3) is 2.44. The molecule has 0 unspecified atom stereocenters. The number of allylic oxidation sites excluding steroid dienone is 4. The van der Waals surface area contributed by atoms with Gasteiger partial charge in [0.1, 0.15) is 0 Å². The summed E-state index contributed by atoms with van der Waals surface area (Å²) in [6.07, 6.45) is 6.83. The van der Waals surface area contributed by atoms with Crippen LogP contribution >= 0.6 is 0 Å². The second-order valence-electron chi connectivity index (χ2n) is 10.2. The first-order chi connectivity index (χ1) is 13.0. The van der Waals surface area contributed by atoms with Crippen molar-refractivity contribution in [2.24, 2.45) is 46.3 Å². The van der Waals surface area contributed by atoms with Crippen LogP contribution in [0.4, 0.5) is 0 Å². The number of hydrogen-bond acceptors (Lipinski definition) is 4. The topological polar surface area (TPSA) is 91.7 Å². The molecule has 0 amide bonds. The van der Waals surface area contributed by atoms with Crippen LogP contribution in [0.5, 0.6) is 0 Å². The van der Waals surface area contributed by atoms with E-state index in [0.717, 1.165) is 18.4 Å². The maximum Gasteiger partial charge on any atom is 0.372 e. The van der Waals surface area contributed by atoms with E-state index < -0.39 is 29.2 Å². The quantitative estimate of drug-likeness (QED) is 0.712. The average molecular weight is 386 g/mol. The highest BCUT2D eigenvalue weighted by molar-refractivity contribution is 6.33. The Bertz CT molecular complexity index is 810. The number of carboxylic acids is 1. The summed E-state index contributed by atoms with van der Waals surface area (Å²) in [5.41, 5.74) is 0.240. The van der Waals surface area contributed by atoms with E-state index in [1.807, 2.05) is 19.9 Å². The summed E-state index contributed by atoms with van der Waals surface area (Å²) in [5.74, 6) is -1.99. The van der Waals surface area contributed by atoms with Crippen LogP contribution < -0.4 is 0 Å². The van der Waals surface area contributed by atoms with Crippen molar-refractivity contribution in [3.63, 3.8) is 0 Å². The molecule has 3 saturated carbocycles. The van der Waals surface area contributed by atoms with E-state index in [9.17, 15) is 24.6 Å². The predicted octanol–water partition coefficient (Wildman–Crippen LogP) is 3.03. The van der Waals surface area contributed by atoms with E-state index in [0.29, 0.717) is 6.42 Å². The Balaban J connectivity index is 1.77. The molecule has 0 aliphatic heterocycles. The summed E-state index contributed by atoms with van der Waals surface area (Å²) in [4.78, 5) is 36.0. The summed E-state index contributed by atoms with van der Waals surface area (Å²) < 4.78 is 0. The number of Topliss-reactive ketones (excluding diaryl/α,β-unsaturated/α-hetero) is 1. The summed E-state index contributed by atoms with van der Waals surface area (Å²) in [5, 5.41) is 20.7. The van der Waals surface area contributed by atoms with Crippen molar-refractivity contribution in [3.05, 3.63) is 23.8 Å². The zero-order valence-corrected chi connectivity index (χ0v) is 17.0. The number of fused-ring (bicyclic) bond motifs is 5. The lowest BCUT2D eigenvalue weighted by Gasteiger charge is -2.60. The Hall–Kier alpha value is -1.75. The molecular formula is C23H30O5. The van der Waals surface area contributed by atoms with Crippen LogP contribution in [-0.4, -0.2) is 33.9 Å². The number of hydrogen-bond donors (Lipinski definition) is 2. The Morgan fingerprint density at radius 2 is 1.86 bits per heavy atom. The molecule has 5 heteroatoms. The summed E-state index contributed by atoms with van der Waals surface area (Å²) >= 11 is 0. The Labute approximate surface area is 165 Å². The van der Waals surface area contributed by atoms with Gasteiger partial charge in [-0.05, 0) is 60.5 Å². The molecule has 0 aromatic heterocycles. The largest absolute Gasteiger partial charge is 0.475 e. The normalized spacial score (nSPS) is 49.7. The van der Waals surface area contributed by atoms with Gasteiger partial charge >= 0.3 is 5.97 Å². The zero-order valence-electron chi connectivity index (χ0n) is 17.0. The minimum absolute atomic E-state index is 0.00641. The fourth-order valence-corrected chi connectivity index (χ4v) is 7.81. The maximum absolute atomic E-state index is 12.5. The minimum Gasteiger partial charge on any atom is -0.475 e. The third-order valence-corrected chi connectivity index (χ3v) is 8.65. The SMILES string of the molecule is C[C@@H]1C[C@H]2[C@@H]3C[C@H](C)C4=CC(=O)C=C[C@]4(C)[C@H]3[C@@H](O)C[C@]2(C)[C@H]1C(=O)C(=O)O. The lowest BCUT2D eigenvalue weighted by molar-refractivity contribution is -0.158. The number of aliphatic carboxylic acids is 1. The molecule has 0 aromatic rings. The van der Waals surface area contributed by atoms with Crippen molar-refractivity contribution in [2.45, 2.75) is 53.1 Å². The Morgan fingerprint density at radius 1 is 1.18 bits per heavy atom. The molecule has 28 heavy (non-hydrogen) atoms. The van der Waals surface area contributed by atoms with Gasteiger partial charge in [-0.3, -0.25) is 9.59 Å². The number of ketones is 2. The van der Waals surface area contributed by atoms with Crippen LogP contribution in [0.1, 0.15) is 47.0 Å². The number of carbonyl (C=O) groups is 3. The zero-order chi connectivity index (χ0) is 20.6. The summed E-state index contributed by atoms with van der Waals surface area (Å²) in [7, 11) is 0. The van der Waals surface area contributed by atoms with Gasteiger partial charge in [-0.2, -0.15) is 0 Å². The van der Waals surface area contributed by atoms with E-state index in [-0.39, 0.29) is 40.8 Å². The van der Waals surface area contributed by atoms with Crippen molar-refractivity contribution in [1.29, 1.82) is 0 Å². The maximum atomic E-state index is 12.5. The van der Waals surface area contributed by atoms with Gasteiger partial charge in [-0.15, -0.1) is 0 Å². The number of carbonyl (C=O) groups excluding carboxylic acids is 2. The van der Waals surface area contributed by atoms with Crippen molar-refractivity contribution < 1.29 is 24.6 Å². The van der Waals surface area contributed by atoms with Crippen LogP contribution in [0.2, 0.25) is 0 Å². The molecular weight excluding hydrogens is 356 g/mol. The van der Waals surface area contributed by atoms with E-state index in [2.05, 4.69) is 13.8 Å². The number of rotatable bonds is 2. The molecule has 0 spiro atoms. The predicted molar refractivity (Wildman–Crippen MR) is 103 cm³/mol. The lowest BCUT2D eigenvalue weighted by Crippen LogP contribution is -2.58. The van der Waals surface area contributed by atoms with E-state index in [1.165, 1.54) is 0 Å². The Morgan fingerprint density at radius 3 is 2.50 bits per heavy atom. The first-order valence-corrected chi connectivity index (χ1v) is 10.4. The van der Waals surface area contributed by atoms with E-state index in [1.54, 1.807) is 12.2 Å². The highest BCUT2D eigenvalue weighted by atomic mass is 16.4. The van der Waals surface area contributed by atoms with Crippen LogP contribution in [-0.2, 0) is 14.4 Å². The van der Waals surface area contributed by atoms with Gasteiger partial charge in [-0.1, -0.05) is 39.3 Å². The fraction of sp³-hybridized carbons (Fsp3) is 0.696. The third-order valence-electron chi connectivity index (χ3n) is 8.65. The molecule has 3 fully saturated rings. The monoisotopic (exact) mass is 386 g/mol. The highest BCUT2D eigenvalue weighted by Crippen LogP contribution is 2.67. The van der Waals surface area contributed by atoms with Crippen LogP contribution in [0.3, 0.4) is 0 Å². The van der Waals surface area contributed by atoms with Gasteiger partial charge in [0.25, 0.3) is 0 Å². The number of carboxylic acid groups (broad SMARTS) is 1.